The molecule has 1 amide bonds. The van der Waals surface area contributed by atoms with Crippen LogP contribution < -0.4 is 0 Å². The smallest absolute Gasteiger partial charge is 0.227 e. The maximum Gasteiger partial charge on any atom is 0.227 e. The molecule has 0 aromatic heterocycles. The molecule has 6 heteroatoms. The summed E-state index contributed by atoms with van der Waals surface area (Å²) in [4.78, 5) is 14.1. The molecule has 0 bridgehead atoms. The number of rotatable bonds is 4. The van der Waals surface area contributed by atoms with Crippen LogP contribution in [0, 0.1) is 5.92 Å². The van der Waals surface area contributed by atoms with E-state index in [9.17, 15) is 13.2 Å². The highest BCUT2D eigenvalue weighted by atomic mass is 35.5. The van der Waals surface area contributed by atoms with Gasteiger partial charge >= 0.3 is 0 Å². The summed E-state index contributed by atoms with van der Waals surface area (Å²) in [5.41, 5.74) is 0.880. The first-order chi connectivity index (χ1) is 9.43. The van der Waals surface area contributed by atoms with Crippen LogP contribution in [0.1, 0.15) is 18.9 Å². The highest BCUT2D eigenvalue weighted by Crippen LogP contribution is 2.23. The zero-order valence-corrected chi connectivity index (χ0v) is 13.0. The second kappa shape index (κ2) is 6.14. The van der Waals surface area contributed by atoms with Crippen molar-refractivity contribution in [3.8, 4) is 0 Å². The van der Waals surface area contributed by atoms with Crippen molar-refractivity contribution in [1.29, 1.82) is 0 Å². The standard InChI is InChI=1S/C14H18ClNO3S/c1-2-16(9-11-5-3-4-6-13(11)15)14(17)12-7-8-20(18,19)10-12/h3-6,12H,2,7-10H2,1H3. The van der Waals surface area contributed by atoms with Crippen LogP contribution >= 0.6 is 11.6 Å². The Labute approximate surface area is 124 Å². The molecular formula is C14H18ClNO3S. The lowest BCUT2D eigenvalue weighted by Gasteiger charge is -2.24. The topological polar surface area (TPSA) is 54.5 Å². The van der Waals surface area contributed by atoms with E-state index in [2.05, 4.69) is 0 Å². The quantitative estimate of drug-likeness (QED) is 0.855. The van der Waals surface area contributed by atoms with Crippen molar-refractivity contribution < 1.29 is 13.2 Å². The first-order valence-corrected chi connectivity index (χ1v) is 8.85. The first-order valence-electron chi connectivity index (χ1n) is 6.65. The van der Waals surface area contributed by atoms with Gasteiger partial charge in [-0.1, -0.05) is 29.8 Å². The van der Waals surface area contributed by atoms with Gasteiger partial charge in [-0.05, 0) is 25.0 Å². The predicted molar refractivity (Wildman–Crippen MR) is 79.3 cm³/mol. The van der Waals surface area contributed by atoms with Gasteiger partial charge in [0.15, 0.2) is 9.84 Å². The van der Waals surface area contributed by atoms with Gasteiger partial charge in [0.05, 0.1) is 17.4 Å². The fraction of sp³-hybridized carbons (Fsp3) is 0.500. The van der Waals surface area contributed by atoms with E-state index < -0.39 is 15.8 Å². The van der Waals surface area contributed by atoms with Gasteiger partial charge in [-0.15, -0.1) is 0 Å². The molecule has 0 aliphatic carbocycles. The monoisotopic (exact) mass is 315 g/mol. The molecule has 0 saturated carbocycles. The van der Waals surface area contributed by atoms with Gasteiger partial charge in [-0.2, -0.15) is 0 Å². The fourth-order valence-corrected chi connectivity index (χ4v) is 4.35. The molecule has 0 radical (unpaired) electrons. The third-order valence-electron chi connectivity index (χ3n) is 3.59. The zero-order chi connectivity index (χ0) is 14.8. The van der Waals surface area contributed by atoms with Crippen molar-refractivity contribution in [2.24, 2.45) is 5.92 Å². The van der Waals surface area contributed by atoms with Gasteiger partial charge in [0.1, 0.15) is 0 Å². The number of carbonyl (C=O) groups is 1. The number of nitrogens with zero attached hydrogens (tertiary/aromatic N) is 1. The maximum absolute atomic E-state index is 12.4. The van der Waals surface area contributed by atoms with Gasteiger partial charge in [0.25, 0.3) is 0 Å². The molecule has 1 heterocycles. The molecule has 1 aromatic carbocycles. The van der Waals surface area contributed by atoms with Crippen LogP contribution in [0.5, 0.6) is 0 Å². The third kappa shape index (κ3) is 3.52. The molecule has 4 nitrogen and oxygen atoms in total. The molecule has 1 fully saturated rings. The molecule has 1 saturated heterocycles. The van der Waals surface area contributed by atoms with Crippen molar-refractivity contribution in [2.45, 2.75) is 19.9 Å². The van der Waals surface area contributed by atoms with Gasteiger partial charge in [-0.25, -0.2) is 8.42 Å². The van der Waals surface area contributed by atoms with Crippen LogP contribution in [0.2, 0.25) is 5.02 Å². The summed E-state index contributed by atoms with van der Waals surface area (Å²) >= 11 is 6.10. The molecule has 1 atom stereocenters. The Kier molecular flexibility index (Phi) is 4.70. The normalized spacial score (nSPS) is 20.8. The minimum Gasteiger partial charge on any atom is -0.338 e. The van der Waals surface area contributed by atoms with Crippen LogP contribution in [0.4, 0.5) is 0 Å². The largest absolute Gasteiger partial charge is 0.338 e. The van der Waals surface area contributed by atoms with E-state index >= 15 is 0 Å². The Morgan fingerprint density at radius 1 is 1.40 bits per heavy atom. The van der Waals surface area contributed by atoms with Crippen molar-refractivity contribution in [3.63, 3.8) is 0 Å². The van der Waals surface area contributed by atoms with Gasteiger partial charge in [0.2, 0.25) is 5.91 Å². The molecular weight excluding hydrogens is 298 g/mol. The maximum atomic E-state index is 12.4. The van der Waals surface area contributed by atoms with E-state index in [-0.39, 0.29) is 17.4 Å². The number of amides is 1. The van der Waals surface area contributed by atoms with Crippen molar-refractivity contribution >= 4 is 27.3 Å². The summed E-state index contributed by atoms with van der Waals surface area (Å²) in [6.45, 7) is 2.85. The summed E-state index contributed by atoms with van der Waals surface area (Å²) in [7, 11) is -3.04. The van der Waals surface area contributed by atoms with Crippen molar-refractivity contribution in [3.05, 3.63) is 34.9 Å². The first kappa shape index (κ1) is 15.3. The van der Waals surface area contributed by atoms with Crippen LogP contribution in [0.15, 0.2) is 24.3 Å². The van der Waals surface area contributed by atoms with Crippen molar-refractivity contribution in [1.82, 2.24) is 4.90 Å². The van der Waals surface area contributed by atoms with Crippen LogP contribution in [-0.4, -0.2) is 37.3 Å². The van der Waals surface area contributed by atoms with Gasteiger partial charge in [-0.3, -0.25) is 4.79 Å². The Bertz CT molecular complexity index is 600. The second-order valence-electron chi connectivity index (χ2n) is 5.04. The molecule has 20 heavy (non-hydrogen) atoms. The summed E-state index contributed by atoms with van der Waals surface area (Å²) in [6, 6.07) is 7.38. The van der Waals surface area contributed by atoms with E-state index in [0.29, 0.717) is 24.5 Å². The number of hydrogen-bond donors (Lipinski definition) is 0. The molecule has 0 N–H and O–H groups in total. The lowest BCUT2D eigenvalue weighted by Crippen LogP contribution is -2.36. The lowest BCUT2D eigenvalue weighted by atomic mass is 10.1. The molecule has 0 spiro atoms. The van der Waals surface area contributed by atoms with Crippen LogP contribution in [0.25, 0.3) is 0 Å². The van der Waals surface area contributed by atoms with Crippen molar-refractivity contribution in [2.75, 3.05) is 18.1 Å². The molecule has 2 rings (SSSR count). The Balaban J connectivity index is 2.09. The average Bonchev–Trinajstić information content (AvgIpc) is 2.77. The molecule has 1 aliphatic rings. The lowest BCUT2D eigenvalue weighted by molar-refractivity contribution is -0.135. The summed E-state index contributed by atoms with van der Waals surface area (Å²) in [5.74, 6) is -0.395. The van der Waals surface area contributed by atoms with E-state index in [1.54, 1.807) is 11.0 Å². The minimum absolute atomic E-state index is 0.0230. The highest BCUT2D eigenvalue weighted by molar-refractivity contribution is 7.91. The molecule has 1 unspecified atom stereocenters. The van der Waals surface area contributed by atoms with E-state index in [0.717, 1.165) is 5.56 Å². The fourth-order valence-electron chi connectivity index (χ4n) is 2.43. The Morgan fingerprint density at radius 3 is 2.65 bits per heavy atom. The van der Waals surface area contributed by atoms with E-state index in [4.69, 9.17) is 11.6 Å². The molecule has 1 aromatic rings. The number of carbonyl (C=O) groups excluding carboxylic acids is 1. The number of sulfone groups is 1. The highest BCUT2D eigenvalue weighted by Gasteiger charge is 2.35. The molecule has 1 aliphatic heterocycles. The van der Waals surface area contributed by atoms with Gasteiger partial charge < -0.3 is 4.90 Å². The van der Waals surface area contributed by atoms with Crippen LogP contribution in [-0.2, 0) is 21.2 Å². The molecule has 110 valence electrons. The average molecular weight is 316 g/mol. The number of halogens is 1. The van der Waals surface area contributed by atoms with E-state index in [1.807, 2.05) is 25.1 Å². The van der Waals surface area contributed by atoms with Gasteiger partial charge in [0, 0.05) is 18.1 Å². The Morgan fingerprint density at radius 2 is 2.10 bits per heavy atom. The summed E-state index contributed by atoms with van der Waals surface area (Å²) in [6.07, 6.45) is 0.431. The van der Waals surface area contributed by atoms with Crippen LogP contribution in [0.3, 0.4) is 0 Å². The second-order valence-corrected chi connectivity index (χ2v) is 7.68. The summed E-state index contributed by atoms with van der Waals surface area (Å²) < 4.78 is 23.0. The summed E-state index contributed by atoms with van der Waals surface area (Å²) in [5, 5.41) is 0.623. The zero-order valence-electron chi connectivity index (χ0n) is 11.4. The predicted octanol–water partition coefficient (Wildman–Crippen LogP) is 2.12. The number of benzene rings is 1. The minimum atomic E-state index is -3.04. The SMILES string of the molecule is CCN(Cc1ccccc1Cl)C(=O)C1CCS(=O)(=O)C1. The Hall–Kier alpha value is -1.07. The number of hydrogen-bond acceptors (Lipinski definition) is 3. The third-order valence-corrected chi connectivity index (χ3v) is 5.73. The van der Waals surface area contributed by atoms with E-state index in [1.165, 1.54) is 0 Å².